The number of aromatic nitrogens is 2. The standard InChI is InChI=1S/C25H33N3OS2/c1-5-8-15-31(29,16-9-6-2)28-22-18-21(13-14-26-22)25-24(27-23(7-3)30-25)20-12-10-11-19(4)17-20/h10-14,17-18H,5-9,15-16H2,1-4H3. The molecule has 166 valence electrons. The van der Waals surface area contributed by atoms with Gasteiger partial charge in [-0.05, 0) is 49.9 Å². The van der Waals surface area contributed by atoms with Crippen molar-refractivity contribution in [2.24, 2.45) is 4.36 Å². The van der Waals surface area contributed by atoms with Crippen LogP contribution in [0.3, 0.4) is 0 Å². The van der Waals surface area contributed by atoms with Crippen LogP contribution in [0.5, 0.6) is 0 Å². The first kappa shape index (κ1) is 23.6. The van der Waals surface area contributed by atoms with Crippen molar-refractivity contribution in [2.75, 3.05) is 11.5 Å². The number of benzene rings is 1. The van der Waals surface area contributed by atoms with Crippen molar-refractivity contribution in [1.29, 1.82) is 0 Å². The molecule has 0 amide bonds. The minimum absolute atomic E-state index is 0.566. The molecule has 0 aliphatic heterocycles. The fourth-order valence-electron chi connectivity index (χ4n) is 3.41. The second kappa shape index (κ2) is 11.0. The summed E-state index contributed by atoms with van der Waals surface area (Å²) in [6, 6.07) is 12.4. The van der Waals surface area contributed by atoms with Crippen molar-refractivity contribution in [3.8, 4) is 21.7 Å². The number of nitrogens with zero attached hydrogens (tertiary/aromatic N) is 3. The molecule has 0 aliphatic carbocycles. The SMILES string of the molecule is CCCCS(=O)(CCCC)=Nc1cc(-c2sc(CC)nc2-c2cccc(C)c2)ccn1. The Morgan fingerprint density at radius 3 is 2.39 bits per heavy atom. The van der Waals surface area contributed by atoms with Gasteiger partial charge in [0.05, 0.1) is 25.3 Å². The summed E-state index contributed by atoms with van der Waals surface area (Å²) in [6.45, 7) is 8.48. The predicted octanol–water partition coefficient (Wildman–Crippen LogP) is 7.44. The molecular formula is C25H33N3OS2. The molecule has 0 spiro atoms. The summed E-state index contributed by atoms with van der Waals surface area (Å²) in [5.74, 6) is 1.85. The molecule has 6 heteroatoms. The monoisotopic (exact) mass is 455 g/mol. The number of unbranched alkanes of at least 4 members (excludes halogenated alkanes) is 2. The van der Waals surface area contributed by atoms with Crippen LogP contribution in [0.1, 0.15) is 57.0 Å². The first-order chi connectivity index (χ1) is 15.0. The van der Waals surface area contributed by atoms with E-state index in [1.807, 2.05) is 12.1 Å². The highest BCUT2D eigenvalue weighted by Crippen LogP contribution is 2.38. The van der Waals surface area contributed by atoms with E-state index >= 15 is 0 Å². The van der Waals surface area contributed by atoms with Crippen molar-refractivity contribution >= 4 is 26.9 Å². The van der Waals surface area contributed by atoms with Gasteiger partial charge in [-0.3, -0.25) is 0 Å². The van der Waals surface area contributed by atoms with Crippen LogP contribution >= 0.6 is 11.3 Å². The average molecular weight is 456 g/mol. The molecule has 1 aromatic carbocycles. The highest BCUT2D eigenvalue weighted by atomic mass is 32.2. The van der Waals surface area contributed by atoms with Crippen molar-refractivity contribution in [3.05, 3.63) is 53.2 Å². The van der Waals surface area contributed by atoms with E-state index in [2.05, 4.69) is 56.9 Å². The third-order valence-electron chi connectivity index (χ3n) is 5.17. The molecule has 3 aromatic rings. The first-order valence-electron chi connectivity index (χ1n) is 11.2. The number of aryl methyl sites for hydroxylation is 2. The Morgan fingerprint density at radius 2 is 1.74 bits per heavy atom. The number of thiazole rings is 1. The van der Waals surface area contributed by atoms with Crippen LogP contribution in [0.25, 0.3) is 21.7 Å². The number of rotatable bonds is 10. The lowest BCUT2D eigenvalue weighted by atomic mass is 10.1. The molecule has 2 heterocycles. The predicted molar refractivity (Wildman–Crippen MR) is 135 cm³/mol. The molecule has 0 aliphatic rings. The summed E-state index contributed by atoms with van der Waals surface area (Å²) < 4.78 is 18.2. The quantitative estimate of drug-likeness (QED) is 0.319. The van der Waals surface area contributed by atoms with E-state index in [1.165, 1.54) is 5.56 Å². The molecule has 0 bridgehead atoms. The van der Waals surface area contributed by atoms with Crippen molar-refractivity contribution in [2.45, 2.75) is 59.8 Å². The van der Waals surface area contributed by atoms with E-state index in [9.17, 15) is 4.21 Å². The number of hydrogen-bond donors (Lipinski definition) is 0. The van der Waals surface area contributed by atoms with Crippen molar-refractivity contribution in [1.82, 2.24) is 9.97 Å². The molecule has 2 aromatic heterocycles. The summed E-state index contributed by atoms with van der Waals surface area (Å²) in [5, 5.41) is 1.11. The van der Waals surface area contributed by atoms with E-state index in [0.29, 0.717) is 17.3 Å². The molecule has 0 fully saturated rings. The van der Waals surface area contributed by atoms with Crippen LogP contribution in [0.2, 0.25) is 0 Å². The Balaban J connectivity index is 2.05. The summed E-state index contributed by atoms with van der Waals surface area (Å²) in [7, 11) is -2.28. The molecular weight excluding hydrogens is 422 g/mol. The van der Waals surface area contributed by atoms with Gasteiger partial charge in [0.15, 0.2) is 5.82 Å². The van der Waals surface area contributed by atoms with Gasteiger partial charge >= 0.3 is 0 Å². The van der Waals surface area contributed by atoms with E-state index in [4.69, 9.17) is 9.35 Å². The Bertz CT molecular complexity index is 1110. The van der Waals surface area contributed by atoms with E-state index in [0.717, 1.165) is 58.8 Å². The molecule has 0 N–H and O–H groups in total. The van der Waals surface area contributed by atoms with Gasteiger partial charge < -0.3 is 0 Å². The lowest BCUT2D eigenvalue weighted by molar-refractivity contribution is 0.669. The Morgan fingerprint density at radius 1 is 1.00 bits per heavy atom. The molecule has 0 saturated heterocycles. The van der Waals surface area contributed by atoms with Gasteiger partial charge in [0.2, 0.25) is 0 Å². The lowest BCUT2D eigenvalue weighted by Gasteiger charge is -2.09. The third-order valence-corrected chi connectivity index (χ3v) is 8.79. The Kier molecular flexibility index (Phi) is 8.38. The van der Waals surface area contributed by atoms with Crippen molar-refractivity contribution < 1.29 is 4.21 Å². The second-order valence-electron chi connectivity index (χ2n) is 7.89. The van der Waals surface area contributed by atoms with Gasteiger partial charge in [0.1, 0.15) is 0 Å². The summed E-state index contributed by atoms with van der Waals surface area (Å²) in [5.41, 5.74) is 4.37. The van der Waals surface area contributed by atoms with Crippen LogP contribution in [-0.2, 0) is 16.1 Å². The average Bonchev–Trinajstić information content (AvgIpc) is 3.21. The lowest BCUT2D eigenvalue weighted by Crippen LogP contribution is -2.10. The minimum atomic E-state index is -2.28. The van der Waals surface area contributed by atoms with Gasteiger partial charge in [-0.15, -0.1) is 11.3 Å². The van der Waals surface area contributed by atoms with Gasteiger partial charge in [-0.2, -0.15) is 4.36 Å². The molecule has 0 radical (unpaired) electrons. The maximum Gasteiger partial charge on any atom is 0.162 e. The molecule has 4 nitrogen and oxygen atoms in total. The first-order valence-corrected chi connectivity index (χ1v) is 13.9. The molecule has 0 saturated carbocycles. The Labute approximate surface area is 191 Å². The van der Waals surface area contributed by atoms with Gasteiger partial charge in [-0.1, -0.05) is 57.4 Å². The maximum atomic E-state index is 13.5. The van der Waals surface area contributed by atoms with E-state index < -0.39 is 9.73 Å². The molecule has 0 unspecified atom stereocenters. The zero-order valence-corrected chi connectivity index (χ0v) is 20.7. The fourth-order valence-corrected chi connectivity index (χ4v) is 6.74. The molecule has 3 rings (SSSR count). The number of pyridine rings is 1. The van der Waals surface area contributed by atoms with Crippen LogP contribution in [0, 0.1) is 6.92 Å². The third kappa shape index (κ3) is 6.23. The zero-order chi connectivity index (χ0) is 22.3. The second-order valence-corrected chi connectivity index (χ2v) is 11.5. The number of hydrogen-bond acceptors (Lipinski definition) is 5. The van der Waals surface area contributed by atoms with Crippen LogP contribution in [0.4, 0.5) is 5.82 Å². The molecule has 0 atom stereocenters. The van der Waals surface area contributed by atoms with Gasteiger partial charge in [-0.25, -0.2) is 14.2 Å². The molecule has 31 heavy (non-hydrogen) atoms. The van der Waals surface area contributed by atoms with Gasteiger partial charge in [0.25, 0.3) is 0 Å². The topological polar surface area (TPSA) is 55.2 Å². The van der Waals surface area contributed by atoms with Crippen LogP contribution in [0.15, 0.2) is 47.0 Å². The van der Waals surface area contributed by atoms with Crippen LogP contribution in [-0.4, -0.2) is 25.7 Å². The van der Waals surface area contributed by atoms with E-state index in [-0.39, 0.29) is 0 Å². The van der Waals surface area contributed by atoms with Crippen molar-refractivity contribution in [3.63, 3.8) is 0 Å². The highest BCUT2D eigenvalue weighted by molar-refractivity contribution is 7.93. The summed E-state index contributed by atoms with van der Waals surface area (Å²) >= 11 is 1.72. The van der Waals surface area contributed by atoms with Gasteiger partial charge in [0, 0.05) is 23.3 Å². The largest absolute Gasteiger partial charge is 0.249 e. The Hall–Kier alpha value is -2.05. The summed E-state index contributed by atoms with van der Waals surface area (Å²) in [4.78, 5) is 10.5. The maximum absolute atomic E-state index is 13.5. The highest BCUT2D eigenvalue weighted by Gasteiger charge is 2.16. The normalized spacial score (nSPS) is 11.6. The summed E-state index contributed by atoms with van der Waals surface area (Å²) in [6.07, 6.45) is 6.57. The van der Waals surface area contributed by atoms with Crippen LogP contribution < -0.4 is 0 Å². The van der Waals surface area contributed by atoms with E-state index in [1.54, 1.807) is 17.5 Å². The fraction of sp³-hybridized carbons (Fsp3) is 0.440. The smallest absolute Gasteiger partial charge is 0.162 e. The minimum Gasteiger partial charge on any atom is -0.249 e. The zero-order valence-electron chi connectivity index (χ0n) is 19.1.